The Morgan fingerprint density at radius 2 is 1.83 bits per heavy atom. The molecule has 0 bridgehead atoms. The number of ketones is 1. The number of hydrogen-bond donors (Lipinski definition) is 0. The third-order valence-corrected chi connectivity index (χ3v) is 5.07. The summed E-state index contributed by atoms with van der Waals surface area (Å²) in [5.41, 5.74) is 1.33. The lowest BCUT2D eigenvalue weighted by atomic mass is 9.82. The quantitative estimate of drug-likeness (QED) is 0.840. The largest absolute Gasteiger partial charge is 0.486 e. The van der Waals surface area contributed by atoms with Gasteiger partial charge >= 0.3 is 0 Å². The molecule has 0 N–H and O–H groups in total. The molecule has 1 spiro atoms. The van der Waals surface area contributed by atoms with Crippen molar-refractivity contribution >= 4 is 5.78 Å². The number of hydrogen-bond acceptors (Lipinski definition) is 3. The summed E-state index contributed by atoms with van der Waals surface area (Å²) in [6, 6.07) is 14.6. The summed E-state index contributed by atoms with van der Waals surface area (Å²) in [6.45, 7) is 2.68. The molecule has 2 heterocycles. The summed E-state index contributed by atoms with van der Waals surface area (Å²) in [5, 5.41) is 0. The second-order valence-corrected chi connectivity index (χ2v) is 6.79. The first-order valence-electron chi connectivity index (χ1n) is 8.42. The van der Waals surface area contributed by atoms with Gasteiger partial charge in [0.1, 0.15) is 17.2 Å². The molecule has 124 valence electrons. The molecule has 1 saturated heterocycles. The zero-order valence-corrected chi connectivity index (χ0v) is 13.5. The first-order chi connectivity index (χ1) is 11.6. The Bertz CT molecular complexity index is 751. The van der Waals surface area contributed by atoms with Gasteiger partial charge < -0.3 is 4.74 Å². The highest BCUT2D eigenvalue weighted by Crippen LogP contribution is 2.39. The van der Waals surface area contributed by atoms with Crippen LogP contribution in [0.1, 0.15) is 35.2 Å². The van der Waals surface area contributed by atoms with Crippen molar-refractivity contribution < 1.29 is 13.9 Å². The van der Waals surface area contributed by atoms with Crippen LogP contribution in [0.2, 0.25) is 0 Å². The van der Waals surface area contributed by atoms with E-state index < -0.39 is 5.60 Å². The lowest BCUT2D eigenvalue weighted by Gasteiger charge is -2.44. The average molecular weight is 325 g/mol. The number of piperidine rings is 1. The number of rotatable bonds is 2. The molecular weight excluding hydrogens is 305 g/mol. The highest BCUT2D eigenvalue weighted by Gasteiger charge is 2.42. The number of fused-ring (bicyclic) bond motifs is 1. The molecule has 2 aliphatic rings. The van der Waals surface area contributed by atoms with Gasteiger partial charge in [-0.25, -0.2) is 4.39 Å². The van der Waals surface area contributed by atoms with Crippen molar-refractivity contribution in [3.05, 3.63) is 65.5 Å². The van der Waals surface area contributed by atoms with E-state index in [0.717, 1.165) is 32.5 Å². The minimum Gasteiger partial charge on any atom is -0.486 e. The number of benzene rings is 2. The molecule has 4 rings (SSSR count). The van der Waals surface area contributed by atoms with Crippen molar-refractivity contribution in [2.24, 2.45) is 0 Å². The predicted molar refractivity (Wildman–Crippen MR) is 89.7 cm³/mol. The normalized spacial score (nSPS) is 19.8. The fourth-order valence-electron chi connectivity index (χ4n) is 3.71. The molecule has 0 amide bonds. The lowest BCUT2D eigenvalue weighted by Crippen LogP contribution is -2.50. The SMILES string of the molecule is O=C1CC2(CCN(Cc3ccccc3)CC2)Oc2cc(F)ccc21. The predicted octanol–water partition coefficient (Wildman–Crippen LogP) is 3.83. The Morgan fingerprint density at radius 1 is 1.08 bits per heavy atom. The van der Waals surface area contributed by atoms with Crippen LogP contribution < -0.4 is 4.74 Å². The molecule has 2 aromatic carbocycles. The van der Waals surface area contributed by atoms with Crippen LogP contribution in [0.4, 0.5) is 4.39 Å². The molecule has 0 atom stereocenters. The maximum absolute atomic E-state index is 13.5. The molecule has 3 nitrogen and oxygen atoms in total. The summed E-state index contributed by atoms with van der Waals surface area (Å²) < 4.78 is 19.6. The highest BCUT2D eigenvalue weighted by molar-refractivity contribution is 6.00. The zero-order chi connectivity index (χ0) is 16.6. The van der Waals surface area contributed by atoms with Gasteiger partial charge in [0, 0.05) is 38.5 Å². The van der Waals surface area contributed by atoms with Gasteiger partial charge in [-0.1, -0.05) is 30.3 Å². The van der Waals surface area contributed by atoms with Crippen LogP contribution in [-0.2, 0) is 6.54 Å². The van der Waals surface area contributed by atoms with Gasteiger partial charge in [0.15, 0.2) is 5.78 Å². The van der Waals surface area contributed by atoms with E-state index in [1.165, 1.54) is 23.8 Å². The summed E-state index contributed by atoms with van der Waals surface area (Å²) >= 11 is 0. The maximum atomic E-state index is 13.5. The van der Waals surface area contributed by atoms with Crippen molar-refractivity contribution in [3.63, 3.8) is 0 Å². The molecule has 0 aromatic heterocycles. The Kier molecular flexibility index (Phi) is 3.85. The van der Waals surface area contributed by atoms with Crippen LogP contribution in [0.3, 0.4) is 0 Å². The molecule has 0 unspecified atom stereocenters. The molecule has 0 saturated carbocycles. The average Bonchev–Trinajstić information content (AvgIpc) is 2.58. The van der Waals surface area contributed by atoms with Crippen molar-refractivity contribution in [2.45, 2.75) is 31.4 Å². The minimum atomic E-state index is -0.467. The van der Waals surface area contributed by atoms with Gasteiger partial charge in [-0.15, -0.1) is 0 Å². The molecule has 0 aliphatic carbocycles. The number of carbonyl (C=O) groups excluding carboxylic acids is 1. The standard InChI is InChI=1S/C20H20FNO2/c21-16-6-7-17-18(23)13-20(24-19(17)12-16)8-10-22(11-9-20)14-15-4-2-1-3-5-15/h1-7,12H,8-11,13-14H2. The Labute approximate surface area is 141 Å². The summed E-state index contributed by atoms with van der Waals surface area (Å²) in [5.74, 6) is 0.107. The molecule has 0 radical (unpaired) electrons. The first kappa shape index (κ1) is 15.3. The Balaban J connectivity index is 1.46. The lowest BCUT2D eigenvalue weighted by molar-refractivity contribution is -0.0109. The van der Waals surface area contributed by atoms with Gasteiger partial charge in [-0.3, -0.25) is 9.69 Å². The molecule has 2 aromatic rings. The summed E-state index contributed by atoms with van der Waals surface area (Å²) in [7, 11) is 0. The minimum absolute atomic E-state index is 0.0627. The molecule has 4 heteroatoms. The van der Waals surface area contributed by atoms with Crippen molar-refractivity contribution in [3.8, 4) is 5.75 Å². The van der Waals surface area contributed by atoms with E-state index >= 15 is 0 Å². The van der Waals surface area contributed by atoms with E-state index in [9.17, 15) is 9.18 Å². The summed E-state index contributed by atoms with van der Waals surface area (Å²) in [4.78, 5) is 14.8. The molecule has 24 heavy (non-hydrogen) atoms. The molecule has 2 aliphatic heterocycles. The van der Waals surface area contributed by atoms with Crippen molar-refractivity contribution in [1.82, 2.24) is 4.90 Å². The van der Waals surface area contributed by atoms with Crippen LogP contribution in [0.15, 0.2) is 48.5 Å². The van der Waals surface area contributed by atoms with E-state index in [1.807, 2.05) is 6.07 Å². The summed E-state index contributed by atoms with van der Waals surface area (Å²) in [6.07, 6.45) is 1.98. The third kappa shape index (κ3) is 2.94. The van der Waals surface area contributed by atoms with Gasteiger partial charge in [-0.2, -0.15) is 0 Å². The van der Waals surface area contributed by atoms with E-state index in [2.05, 4.69) is 29.2 Å². The zero-order valence-electron chi connectivity index (χ0n) is 13.5. The topological polar surface area (TPSA) is 29.5 Å². The Morgan fingerprint density at radius 3 is 2.58 bits per heavy atom. The van der Waals surface area contributed by atoms with Gasteiger partial charge in [0.2, 0.25) is 0 Å². The fourth-order valence-corrected chi connectivity index (χ4v) is 3.71. The number of halogens is 1. The number of nitrogens with zero attached hydrogens (tertiary/aromatic N) is 1. The van der Waals surface area contributed by atoms with E-state index in [1.54, 1.807) is 0 Å². The highest BCUT2D eigenvalue weighted by atomic mass is 19.1. The number of likely N-dealkylation sites (tertiary alicyclic amines) is 1. The van der Waals surface area contributed by atoms with Gasteiger partial charge in [0.25, 0.3) is 0 Å². The smallest absolute Gasteiger partial charge is 0.170 e. The van der Waals surface area contributed by atoms with E-state index in [-0.39, 0.29) is 11.6 Å². The number of ether oxygens (including phenoxy) is 1. The first-order valence-corrected chi connectivity index (χ1v) is 8.42. The monoisotopic (exact) mass is 325 g/mol. The third-order valence-electron chi connectivity index (χ3n) is 5.07. The van der Waals surface area contributed by atoms with Crippen LogP contribution in [0.5, 0.6) is 5.75 Å². The van der Waals surface area contributed by atoms with Crippen molar-refractivity contribution in [2.75, 3.05) is 13.1 Å². The fraction of sp³-hybridized carbons (Fsp3) is 0.350. The second kappa shape index (κ2) is 6.02. The van der Waals surface area contributed by atoms with Crippen LogP contribution in [0.25, 0.3) is 0 Å². The Hall–Kier alpha value is -2.20. The number of carbonyl (C=O) groups is 1. The number of Topliss-reactive ketones (excluding diaryl/α,β-unsaturated/α-hetero) is 1. The van der Waals surface area contributed by atoms with E-state index in [4.69, 9.17) is 4.74 Å². The van der Waals surface area contributed by atoms with Gasteiger partial charge in [0.05, 0.1) is 12.0 Å². The molecular formula is C20H20FNO2. The van der Waals surface area contributed by atoms with Crippen LogP contribution >= 0.6 is 0 Å². The van der Waals surface area contributed by atoms with Gasteiger partial charge in [-0.05, 0) is 17.7 Å². The van der Waals surface area contributed by atoms with Crippen molar-refractivity contribution in [1.29, 1.82) is 0 Å². The maximum Gasteiger partial charge on any atom is 0.170 e. The van der Waals surface area contributed by atoms with Crippen LogP contribution in [-0.4, -0.2) is 29.4 Å². The molecule has 1 fully saturated rings. The van der Waals surface area contributed by atoms with Crippen LogP contribution in [0, 0.1) is 5.82 Å². The second-order valence-electron chi connectivity index (χ2n) is 6.79. The van der Waals surface area contributed by atoms with E-state index in [0.29, 0.717) is 17.7 Å².